The number of hydrogen-bond acceptors (Lipinski definition) is 2. The van der Waals surface area contributed by atoms with Crippen LogP contribution in [-0.2, 0) is 0 Å². The largest absolute Gasteiger partial charge is 0.311 e. The third-order valence-corrected chi connectivity index (χ3v) is 5.75. The highest BCUT2D eigenvalue weighted by Gasteiger charge is 2.34. The Balaban J connectivity index is 2.02. The molecule has 1 heterocycles. The molecule has 1 aliphatic carbocycles. The van der Waals surface area contributed by atoms with Crippen LogP contribution in [0.1, 0.15) is 66.2 Å². The van der Waals surface area contributed by atoms with Gasteiger partial charge in [0.25, 0.3) is 0 Å². The van der Waals surface area contributed by atoms with Crippen LogP contribution in [0.3, 0.4) is 0 Å². The third-order valence-electron chi connectivity index (χ3n) is 5.75. The molecule has 0 spiro atoms. The molecule has 1 N–H and O–H groups in total. The van der Waals surface area contributed by atoms with E-state index in [1.165, 1.54) is 57.2 Å². The van der Waals surface area contributed by atoms with Crippen molar-refractivity contribution < 1.29 is 0 Å². The van der Waals surface area contributed by atoms with E-state index in [1.807, 2.05) is 0 Å². The van der Waals surface area contributed by atoms with Gasteiger partial charge in [-0.15, -0.1) is 0 Å². The van der Waals surface area contributed by atoms with Gasteiger partial charge in [-0.25, -0.2) is 0 Å². The molecule has 0 bridgehead atoms. The van der Waals surface area contributed by atoms with E-state index < -0.39 is 0 Å². The van der Waals surface area contributed by atoms with Crippen molar-refractivity contribution in [1.82, 2.24) is 10.2 Å². The van der Waals surface area contributed by atoms with Crippen LogP contribution in [0.2, 0.25) is 0 Å². The van der Waals surface area contributed by atoms with Crippen LogP contribution in [0, 0.1) is 11.8 Å². The molecule has 21 heavy (non-hydrogen) atoms. The zero-order valence-electron chi connectivity index (χ0n) is 14.7. The zero-order chi connectivity index (χ0) is 15.2. The highest BCUT2D eigenvalue weighted by atomic mass is 15.2. The molecular formula is C19H36N2. The molecule has 3 unspecified atom stereocenters. The molecule has 2 rings (SSSR count). The van der Waals surface area contributed by atoms with Crippen LogP contribution in [0.5, 0.6) is 0 Å². The van der Waals surface area contributed by atoms with Crippen LogP contribution < -0.4 is 5.32 Å². The lowest BCUT2D eigenvalue weighted by Gasteiger charge is -2.46. The molecule has 2 heteroatoms. The van der Waals surface area contributed by atoms with E-state index >= 15 is 0 Å². The van der Waals surface area contributed by atoms with Crippen LogP contribution in [0.25, 0.3) is 0 Å². The second-order valence-electron chi connectivity index (χ2n) is 7.60. The molecular weight excluding hydrogens is 256 g/mol. The number of nitrogens with zero attached hydrogens (tertiary/aromatic N) is 1. The molecule has 1 saturated carbocycles. The van der Waals surface area contributed by atoms with Crippen molar-refractivity contribution in [3.8, 4) is 0 Å². The maximum atomic E-state index is 3.87. The Morgan fingerprint density at radius 2 is 1.95 bits per heavy atom. The predicted octanol–water partition coefficient (Wildman–Crippen LogP) is 4.22. The van der Waals surface area contributed by atoms with Crippen LogP contribution in [0.15, 0.2) is 11.6 Å². The van der Waals surface area contributed by atoms with E-state index in [0.29, 0.717) is 6.04 Å². The van der Waals surface area contributed by atoms with E-state index in [2.05, 4.69) is 44.0 Å². The average Bonchev–Trinajstić information content (AvgIpc) is 2.52. The summed E-state index contributed by atoms with van der Waals surface area (Å²) in [4.78, 5) is 2.79. The van der Waals surface area contributed by atoms with Gasteiger partial charge in [0.15, 0.2) is 0 Å². The molecule has 0 amide bonds. The Morgan fingerprint density at radius 1 is 1.24 bits per heavy atom. The molecule has 3 atom stereocenters. The van der Waals surface area contributed by atoms with Gasteiger partial charge in [0, 0.05) is 31.7 Å². The van der Waals surface area contributed by atoms with Crippen LogP contribution >= 0.6 is 0 Å². The van der Waals surface area contributed by atoms with Gasteiger partial charge in [-0.3, -0.25) is 4.90 Å². The summed E-state index contributed by atoms with van der Waals surface area (Å²) in [6.07, 6.45) is 11.0. The molecule has 2 nitrogen and oxygen atoms in total. The maximum Gasteiger partial charge on any atom is 0.0252 e. The summed E-state index contributed by atoms with van der Waals surface area (Å²) >= 11 is 0. The molecule has 2 aliphatic rings. The Hall–Kier alpha value is -0.340. The normalized spacial score (nSPS) is 30.1. The number of rotatable bonds is 5. The molecule has 1 aliphatic heterocycles. The Labute approximate surface area is 132 Å². The van der Waals surface area contributed by atoms with Crippen molar-refractivity contribution >= 4 is 0 Å². The summed E-state index contributed by atoms with van der Waals surface area (Å²) in [7, 11) is 0. The SMILES string of the molecule is CCC(C)C1CN(CC=C(C)C)C(C2CCCCC2)CN1. The van der Waals surface area contributed by atoms with E-state index in [1.54, 1.807) is 0 Å². The van der Waals surface area contributed by atoms with Crippen molar-refractivity contribution in [3.05, 3.63) is 11.6 Å². The predicted molar refractivity (Wildman–Crippen MR) is 92.6 cm³/mol. The van der Waals surface area contributed by atoms with Crippen LogP contribution in [0.4, 0.5) is 0 Å². The molecule has 0 aromatic heterocycles. The molecule has 0 aromatic carbocycles. The van der Waals surface area contributed by atoms with Gasteiger partial charge in [-0.1, -0.05) is 51.2 Å². The monoisotopic (exact) mass is 292 g/mol. The Kier molecular flexibility index (Phi) is 6.75. The number of allylic oxidation sites excluding steroid dienone is 1. The van der Waals surface area contributed by atoms with Gasteiger partial charge >= 0.3 is 0 Å². The smallest absolute Gasteiger partial charge is 0.0252 e. The van der Waals surface area contributed by atoms with E-state index in [4.69, 9.17) is 0 Å². The zero-order valence-corrected chi connectivity index (χ0v) is 14.7. The number of nitrogens with one attached hydrogen (secondary N) is 1. The summed E-state index contributed by atoms with van der Waals surface area (Å²) in [5, 5.41) is 3.87. The molecule has 0 radical (unpaired) electrons. The minimum Gasteiger partial charge on any atom is -0.311 e. The van der Waals surface area contributed by atoms with Gasteiger partial charge in [0.2, 0.25) is 0 Å². The van der Waals surface area contributed by atoms with Gasteiger partial charge in [0.05, 0.1) is 0 Å². The van der Waals surface area contributed by atoms with Crippen molar-refractivity contribution in [1.29, 1.82) is 0 Å². The van der Waals surface area contributed by atoms with Gasteiger partial charge < -0.3 is 5.32 Å². The number of piperazine rings is 1. The summed E-state index contributed by atoms with van der Waals surface area (Å²) < 4.78 is 0. The summed E-state index contributed by atoms with van der Waals surface area (Å²) in [6.45, 7) is 12.8. The first-order valence-electron chi connectivity index (χ1n) is 9.22. The fourth-order valence-corrected chi connectivity index (χ4v) is 4.01. The summed E-state index contributed by atoms with van der Waals surface area (Å²) in [5.41, 5.74) is 1.45. The second kappa shape index (κ2) is 8.33. The van der Waals surface area contributed by atoms with Gasteiger partial charge in [0.1, 0.15) is 0 Å². The highest BCUT2D eigenvalue weighted by Crippen LogP contribution is 2.31. The lowest BCUT2D eigenvalue weighted by Crippen LogP contribution is -2.60. The maximum absolute atomic E-state index is 3.87. The van der Waals surface area contributed by atoms with Crippen LogP contribution in [-0.4, -0.2) is 36.6 Å². The number of hydrogen-bond donors (Lipinski definition) is 1. The third kappa shape index (κ3) is 4.82. The fraction of sp³-hybridized carbons (Fsp3) is 0.895. The van der Waals surface area contributed by atoms with Crippen molar-refractivity contribution in [2.24, 2.45) is 11.8 Å². The van der Waals surface area contributed by atoms with E-state index in [9.17, 15) is 0 Å². The molecule has 122 valence electrons. The van der Waals surface area contributed by atoms with Crippen molar-refractivity contribution in [2.45, 2.75) is 78.3 Å². The van der Waals surface area contributed by atoms with Gasteiger partial charge in [-0.05, 0) is 38.5 Å². The summed E-state index contributed by atoms with van der Waals surface area (Å²) in [5.74, 6) is 1.71. The minimum absolute atomic E-state index is 0.681. The highest BCUT2D eigenvalue weighted by molar-refractivity contribution is 4.99. The Morgan fingerprint density at radius 3 is 2.57 bits per heavy atom. The first-order chi connectivity index (χ1) is 10.1. The van der Waals surface area contributed by atoms with Crippen molar-refractivity contribution in [3.63, 3.8) is 0 Å². The quantitative estimate of drug-likeness (QED) is 0.763. The van der Waals surface area contributed by atoms with E-state index in [-0.39, 0.29) is 0 Å². The lowest BCUT2D eigenvalue weighted by molar-refractivity contribution is 0.0687. The topological polar surface area (TPSA) is 15.3 Å². The first kappa shape index (κ1) is 17.0. The molecule has 2 fully saturated rings. The fourth-order valence-electron chi connectivity index (χ4n) is 4.01. The summed E-state index contributed by atoms with van der Waals surface area (Å²) in [6, 6.07) is 1.45. The molecule has 0 aromatic rings. The lowest BCUT2D eigenvalue weighted by atomic mass is 9.81. The van der Waals surface area contributed by atoms with Crippen molar-refractivity contribution in [2.75, 3.05) is 19.6 Å². The Bertz CT molecular complexity index is 326. The molecule has 1 saturated heterocycles. The second-order valence-corrected chi connectivity index (χ2v) is 7.60. The van der Waals surface area contributed by atoms with Gasteiger partial charge in [-0.2, -0.15) is 0 Å². The minimum atomic E-state index is 0.681. The van der Waals surface area contributed by atoms with E-state index in [0.717, 1.165) is 24.4 Å². The average molecular weight is 293 g/mol. The first-order valence-corrected chi connectivity index (χ1v) is 9.22. The standard InChI is InChI=1S/C19H36N2/c1-5-16(4)18-14-21(12-11-15(2)3)19(13-20-18)17-9-7-6-8-10-17/h11,16-20H,5-10,12-14H2,1-4H3.